The molecule has 1 atom stereocenters. The van der Waals surface area contributed by atoms with Gasteiger partial charge >= 0.3 is 0 Å². The number of hydrogen-bond donors (Lipinski definition) is 1. The van der Waals surface area contributed by atoms with E-state index in [0.29, 0.717) is 18.1 Å². The van der Waals surface area contributed by atoms with E-state index in [1.807, 2.05) is 0 Å². The molecule has 0 heterocycles. The van der Waals surface area contributed by atoms with Crippen molar-refractivity contribution in [1.82, 2.24) is 5.32 Å². The number of rotatable bonds is 8. The van der Waals surface area contributed by atoms with Crippen molar-refractivity contribution < 1.29 is 9.47 Å². The Morgan fingerprint density at radius 2 is 1.79 bits per heavy atom. The summed E-state index contributed by atoms with van der Waals surface area (Å²) in [6, 6.07) is 0.427. The fourth-order valence-electron chi connectivity index (χ4n) is 1.21. The summed E-state index contributed by atoms with van der Waals surface area (Å²) in [7, 11) is 1.74. The Balaban J connectivity index is 3.50. The van der Waals surface area contributed by atoms with Crippen molar-refractivity contribution in [1.29, 1.82) is 0 Å². The van der Waals surface area contributed by atoms with Crippen LogP contribution < -0.4 is 5.32 Å². The van der Waals surface area contributed by atoms with Gasteiger partial charge in [-0.15, -0.1) is 0 Å². The molecular formula is C11H25NO2. The van der Waals surface area contributed by atoms with Crippen molar-refractivity contribution in [3.63, 3.8) is 0 Å². The van der Waals surface area contributed by atoms with E-state index >= 15 is 0 Å². The average molecular weight is 203 g/mol. The Labute approximate surface area is 88.2 Å². The Bertz CT molecular complexity index is 126. The van der Waals surface area contributed by atoms with Crippen LogP contribution >= 0.6 is 0 Å². The zero-order valence-corrected chi connectivity index (χ0v) is 10.2. The minimum Gasteiger partial charge on any atom is -0.383 e. The Hall–Kier alpha value is -0.120. The summed E-state index contributed by atoms with van der Waals surface area (Å²) < 4.78 is 10.6. The van der Waals surface area contributed by atoms with Crippen LogP contribution in [0.15, 0.2) is 0 Å². The monoisotopic (exact) mass is 203 g/mol. The first-order valence-corrected chi connectivity index (χ1v) is 5.41. The summed E-state index contributed by atoms with van der Waals surface area (Å²) in [5, 5.41) is 3.43. The van der Waals surface area contributed by atoms with Crippen LogP contribution in [0, 0.1) is 5.92 Å². The van der Waals surface area contributed by atoms with Crippen molar-refractivity contribution in [2.24, 2.45) is 5.92 Å². The van der Waals surface area contributed by atoms with Crippen LogP contribution in [0.25, 0.3) is 0 Å². The number of methoxy groups -OCH3 is 1. The highest BCUT2D eigenvalue weighted by atomic mass is 16.5. The summed E-state index contributed by atoms with van der Waals surface area (Å²) in [5.74, 6) is 0.592. The topological polar surface area (TPSA) is 30.5 Å². The highest BCUT2D eigenvalue weighted by molar-refractivity contribution is 4.69. The molecule has 0 fully saturated rings. The van der Waals surface area contributed by atoms with Crippen LogP contribution in [0.1, 0.15) is 27.7 Å². The van der Waals surface area contributed by atoms with Gasteiger partial charge in [-0.05, 0) is 19.8 Å². The van der Waals surface area contributed by atoms with Crippen LogP contribution in [0.5, 0.6) is 0 Å². The van der Waals surface area contributed by atoms with Gasteiger partial charge in [-0.2, -0.15) is 0 Å². The molecule has 14 heavy (non-hydrogen) atoms. The van der Waals surface area contributed by atoms with E-state index in [0.717, 1.165) is 19.8 Å². The molecule has 0 aromatic carbocycles. The Morgan fingerprint density at radius 1 is 1.14 bits per heavy atom. The molecule has 0 bridgehead atoms. The van der Waals surface area contributed by atoms with Gasteiger partial charge < -0.3 is 14.8 Å². The molecule has 3 nitrogen and oxygen atoms in total. The number of ether oxygens (including phenoxy) is 2. The summed E-state index contributed by atoms with van der Waals surface area (Å²) in [5.41, 5.74) is 0. The van der Waals surface area contributed by atoms with Crippen LogP contribution in [0.4, 0.5) is 0 Å². The predicted octanol–water partition coefficient (Wildman–Crippen LogP) is 1.67. The summed E-state index contributed by atoms with van der Waals surface area (Å²) in [6.45, 7) is 10.9. The molecule has 0 radical (unpaired) electrons. The van der Waals surface area contributed by atoms with Crippen LogP contribution in [0.2, 0.25) is 0 Å². The SMILES string of the molecule is COCC(NCCOC(C)C)C(C)C. The van der Waals surface area contributed by atoms with Gasteiger partial charge in [0.25, 0.3) is 0 Å². The smallest absolute Gasteiger partial charge is 0.0618 e. The van der Waals surface area contributed by atoms with E-state index in [4.69, 9.17) is 9.47 Å². The Kier molecular flexibility index (Phi) is 8.14. The van der Waals surface area contributed by atoms with Gasteiger partial charge in [0.2, 0.25) is 0 Å². The summed E-state index contributed by atoms with van der Waals surface area (Å²) >= 11 is 0. The van der Waals surface area contributed by atoms with Crippen molar-refractivity contribution in [2.45, 2.75) is 39.8 Å². The second-order valence-corrected chi connectivity index (χ2v) is 4.18. The van der Waals surface area contributed by atoms with Crippen LogP contribution in [-0.2, 0) is 9.47 Å². The molecule has 0 saturated heterocycles. The fourth-order valence-corrected chi connectivity index (χ4v) is 1.21. The number of hydrogen-bond acceptors (Lipinski definition) is 3. The molecule has 1 N–H and O–H groups in total. The average Bonchev–Trinajstić information content (AvgIpc) is 2.09. The molecule has 0 saturated carbocycles. The molecule has 86 valence electrons. The molecule has 0 aliphatic rings. The lowest BCUT2D eigenvalue weighted by Crippen LogP contribution is -2.39. The highest BCUT2D eigenvalue weighted by Crippen LogP contribution is 2.01. The third kappa shape index (κ3) is 7.30. The minimum atomic E-state index is 0.316. The quantitative estimate of drug-likeness (QED) is 0.609. The fraction of sp³-hybridized carbons (Fsp3) is 1.00. The molecule has 1 unspecified atom stereocenters. The lowest BCUT2D eigenvalue weighted by molar-refractivity contribution is 0.0736. The molecule has 3 heteroatoms. The van der Waals surface area contributed by atoms with Gasteiger partial charge in [-0.1, -0.05) is 13.8 Å². The third-order valence-corrected chi connectivity index (χ3v) is 2.11. The molecule has 0 aromatic rings. The normalized spacial score (nSPS) is 13.9. The highest BCUT2D eigenvalue weighted by Gasteiger charge is 2.11. The van der Waals surface area contributed by atoms with E-state index in [-0.39, 0.29) is 0 Å². The van der Waals surface area contributed by atoms with Crippen molar-refractivity contribution in [2.75, 3.05) is 26.9 Å². The predicted molar refractivity (Wildman–Crippen MR) is 59.6 cm³/mol. The van der Waals surface area contributed by atoms with Crippen LogP contribution in [-0.4, -0.2) is 39.0 Å². The molecule has 0 aromatic heterocycles. The van der Waals surface area contributed by atoms with Gasteiger partial charge in [0, 0.05) is 19.7 Å². The maximum Gasteiger partial charge on any atom is 0.0618 e. The van der Waals surface area contributed by atoms with Gasteiger partial charge in [0.05, 0.1) is 19.3 Å². The van der Waals surface area contributed by atoms with Gasteiger partial charge in [0.1, 0.15) is 0 Å². The van der Waals surface area contributed by atoms with E-state index in [9.17, 15) is 0 Å². The second-order valence-electron chi connectivity index (χ2n) is 4.18. The van der Waals surface area contributed by atoms with Gasteiger partial charge in [-0.3, -0.25) is 0 Å². The van der Waals surface area contributed by atoms with E-state index in [2.05, 4.69) is 33.0 Å². The lowest BCUT2D eigenvalue weighted by atomic mass is 10.1. The second kappa shape index (κ2) is 8.21. The van der Waals surface area contributed by atoms with Crippen molar-refractivity contribution >= 4 is 0 Å². The molecule has 0 aliphatic heterocycles. The minimum absolute atomic E-state index is 0.316. The van der Waals surface area contributed by atoms with Gasteiger partial charge in [0.15, 0.2) is 0 Å². The number of nitrogens with one attached hydrogen (secondary N) is 1. The van der Waals surface area contributed by atoms with Crippen molar-refractivity contribution in [3.05, 3.63) is 0 Å². The van der Waals surface area contributed by atoms with E-state index in [1.165, 1.54) is 0 Å². The summed E-state index contributed by atoms with van der Waals surface area (Å²) in [6.07, 6.45) is 0.316. The van der Waals surface area contributed by atoms with Gasteiger partial charge in [-0.25, -0.2) is 0 Å². The van der Waals surface area contributed by atoms with E-state index < -0.39 is 0 Å². The van der Waals surface area contributed by atoms with E-state index in [1.54, 1.807) is 7.11 Å². The first kappa shape index (κ1) is 13.9. The zero-order chi connectivity index (χ0) is 11.0. The van der Waals surface area contributed by atoms with Crippen molar-refractivity contribution in [3.8, 4) is 0 Å². The molecular weight excluding hydrogens is 178 g/mol. The first-order valence-electron chi connectivity index (χ1n) is 5.41. The molecule has 0 aliphatic carbocycles. The molecule has 0 spiro atoms. The maximum atomic E-state index is 5.45. The molecule has 0 rings (SSSR count). The first-order chi connectivity index (χ1) is 6.57. The lowest BCUT2D eigenvalue weighted by Gasteiger charge is -2.21. The van der Waals surface area contributed by atoms with Crippen LogP contribution in [0.3, 0.4) is 0 Å². The third-order valence-electron chi connectivity index (χ3n) is 2.11. The molecule has 0 amide bonds. The largest absolute Gasteiger partial charge is 0.383 e. The zero-order valence-electron chi connectivity index (χ0n) is 10.2. The summed E-state index contributed by atoms with van der Waals surface area (Å²) in [4.78, 5) is 0. The standard InChI is InChI=1S/C11H25NO2/c1-9(2)11(8-13-5)12-6-7-14-10(3)4/h9-12H,6-8H2,1-5H3. The Morgan fingerprint density at radius 3 is 2.21 bits per heavy atom. The maximum absolute atomic E-state index is 5.45.